The number of alkyl halides is 3. The number of rotatable bonds is 4. The standard InChI is InChI=1S/C14H21N3O2S.C2HF3O2/c1-2-20(18,19)17-9-12-7-16(8-13(12)10-17)11-14-5-3-4-6-15-14;3-2(4,5)1(6)7/h3-6,12-13H,2,7-11H2,1H3;(H,6,7). The predicted octanol–water partition coefficient (Wildman–Crippen LogP) is 1.43. The van der Waals surface area contributed by atoms with Gasteiger partial charge in [0.2, 0.25) is 10.0 Å². The van der Waals surface area contributed by atoms with Crippen molar-refractivity contribution < 1.29 is 31.5 Å². The molecule has 1 aromatic rings. The average molecular weight is 409 g/mol. The van der Waals surface area contributed by atoms with E-state index in [9.17, 15) is 21.6 Å². The van der Waals surface area contributed by atoms with E-state index in [4.69, 9.17) is 9.90 Å². The highest BCUT2D eigenvalue weighted by Gasteiger charge is 2.43. The molecular weight excluding hydrogens is 387 g/mol. The largest absolute Gasteiger partial charge is 0.490 e. The fourth-order valence-corrected chi connectivity index (χ4v) is 4.51. The number of carboxylic acids is 1. The summed E-state index contributed by atoms with van der Waals surface area (Å²) in [6.45, 7) is 5.94. The third-order valence-corrected chi connectivity index (χ3v) is 6.46. The van der Waals surface area contributed by atoms with Gasteiger partial charge in [0.15, 0.2) is 0 Å². The van der Waals surface area contributed by atoms with E-state index in [0.29, 0.717) is 24.9 Å². The molecule has 2 atom stereocenters. The molecule has 2 aliphatic rings. The lowest BCUT2D eigenvalue weighted by Gasteiger charge is -2.20. The molecule has 0 saturated carbocycles. The Morgan fingerprint density at radius 3 is 2.19 bits per heavy atom. The molecule has 2 unspecified atom stereocenters. The maximum Gasteiger partial charge on any atom is 0.490 e. The Kier molecular flexibility index (Phi) is 6.82. The van der Waals surface area contributed by atoms with Crippen LogP contribution in [0.4, 0.5) is 13.2 Å². The monoisotopic (exact) mass is 409 g/mol. The number of fused-ring (bicyclic) bond motifs is 1. The van der Waals surface area contributed by atoms with Crippen LogP contribution in [0.1, 0.15) is 12.6 Å². The minimum atomic E-state index is -5.08. The number of hydrogen-bond acceptors (Lipinski definition) is 5. The second-order valence-corrected chi connectivity index (χ2v) is 8.81. The number of carbonyl (C=O) groups is 1. The van der Waals surface area contributed by atoms with Crippen LogP contribution in [-0.2, 0) is 21.4 Å². The Morgan fingerprint density at radius 1 is 1.22 bits per heavy atom. The first kappa shape index (κ1) is 21.6. The molecule has 0 amide bonds. The van der Waals surface area contributed by atoms with Crippen molar-refractivity contribution in [2.75, 3.05) is 31.9 Å². The Morgan fingerprint density at radius 2 is 1.78 bits per heavy atom. The Bertz CT molecular complexity index is 729. The maximum absolute atomic E-state index is 11.9. The molecule has 3 rings (SSSR count). The SMILES string of the molecule is CCS(=O)(=O)N1CC2CN(Cc3ccccn3)CC2C1.O=C(O)C(F)(F)F. The van der Waals surface area contributed by atoms with Gasteiger partial charge in [-0.2, -0.15) is 13.2 Å². The lowest BCUT2D eigenvalue weighted by molar-refractivity contribution is -0.192. The number of hydrogen-bond donors (Lipinski definition) is 1. The molecule has 152 valence electrons. The highest BCUT2D eigenvalue weighted by atomic mass is 32.2. The van der Waals surface area contributed by atoms with Crippen molar-refractivity contribution >= 4 is 16.0 Å². The first-order valence-electron chi connectivity index (χ1n) is 8.43. The molecule has 7 nitrogen and oxygen atoms in total. The minimum Gasteiger partial charge on any atom is -0.475 e. The number of sulfonamides is 1. The van der Waals surface area contributed by atoms with E-state index in [1.54, 1.807) is 11.2 Å². The molecule has 2 aliphatic heterocycles. The van der Waals surface area contributed by atoms with Gasteiger partial charge in [0.05, 0.1) is 11.4 Å². The summed E-state index contributed by atoms with van der Waals surface area (Å²) in [5, 5.41) is 7.12. The fourth-order valence-electron chi connectivity index (χ4n) is 3.31. The highest BCUT2D eigenvalue weighted by Crippen LogP contribution is 2.33. The van der Waals surface area contributed by atoms with E-state index in [0.717, 1.165) is 25.3 Å². The fraction of sp³-hybridized carbons (Fsp3) is 0.625. The van der Waals surface area contributed by atoms with Crippen LogP contribution in [0, 0.1) is 11.8 Å². The van der Waals surface area contributed by atoms with E-state index in [1.165, 1.54) is 0 Å². The summed E-state index contributed by atoms with van der Waals surface area (Å²) in [4.78, 5) is 15.6. The van der Waals surface area contributed by atoms with E-state index in [1.807, 2.05) is 24.4 Å². The van der Waals surface area contributed by atoms with Crippen molar-refractivity contribution in [1.29, 1.82) is 0 Å². The van der Waals surface area contributed by atoms with Gasteiger partial charge >= 0.3 is 12.1 Å². The topological polar surface area (TPSA) is 90.8 Å². The van der Waals surface area contributed by atoms with Gasteiger partial charge in [-0.25, -0.2) is 17.5 Å². The lowest BCUT2D eigenvalue weighted by atomic mass is 10.0. The lowest BCUT2D eigenvalue weighted by Crippen LogP contribution is -2.34. The van der Waals surface area contributed by atoms with Gasteiger partial charge in [0.25, 0.3) is 0 Å². The van der Waals surface area contributed by atoms with Gasteiger partial charge in [-0.1, -0.05) is 6.07 Å². The molecule has 0 aromatic carbocycles. The number of nitrogens with zero attached hydrogens (tertiary/aromatic N) is 3. The molecule has 1 N–H and O–H groups in total. The van der Waals surface area contributed by atoms with Crippen molar-refractivity contribution in [1.82, 2.24) is 14.2 Å². The van der Waals surface area contributed by atoms with Crippen LogP contribution in [0.25, 0.3) is 0 Å². The molecule has 2 saturated heterocycles. The van der Waals surface area contributed by atoms with Crippen molar-refractivity contribution in [2.24, 2.45) is 11.8 Å². The summed E-state index contributed by atoms with van der Waals surface area (Å²) in [6.07, 6.45) is -3.26. The zero-order chi connectivity index (χ0) is 20.2. The summed E-state index contributed by atoms with van der Waals surface area (Å²) < 4.78 is 57.2. The van der Waals surface area contributed by atoms with Gasteiger partial charge in [-0.3, -0.25) is 9.88 Å². The third-order valence-electron chi connectivity index (χ3n) is 4.64. The molecule has 27 heavy (non-hydrogen) atoms. The highest BCUT2D eigenvalue weighted by molar-refractivity contribution is 7.89. The summed E-state index contributed by atoms with van der Waals surface area (Å²) in [5.41, 5.74) is 1.09. The zero-order valence-corrected chi connectivity index (χ0v) is 15.6. The van der Waals surface area contributed by atoms with Crippen molar-refractivity contribution in [3.63, 3.8) is 0 Å². The first-order chi connectivity index (χ1) is 12.5. The number of likely N-dealkylation sites (tertiary alicyclic amines) is 1. The van der Waals surface area contributed by atoms with E-state index in [-0.39, 0.29) is 5.75 Å². The molecule has 11 heteroatoms. The molecule has 0 bridgehead atoms. The van der Waals surface area contributed by atoms with Crippen LogP contribution in [0.2, 0.25) is 0 Å². The summed E-state index contributed by atoms with van der Waals surface area (Å²) in [7, 11) is -3.01. The normalized spacial score (nSPS) is 23.6. The minimum absolute atomic E-state index is 0.212. The van der Waals surface area contributed by atoms with E-state index in [2.05, 4.69) is 9.88 Å². The van der Waals surface area contributed by atoms with Crippen LogP contribution in [-0.4, -0.2) is 71.8 Å². The van der Waals surface area contributed by atoms with Crippen molar-refractivity contribution in [3.05, 3.63) is 30.1 Å². The molecule has 0 spiro atoms. The van der Waals surface area contributed by atoms with Gasteiger partial charge in [-0.15, -0.1) is 0 Å². The number of carboxylic acid groups (broad SMARTS) is 1. The van der Waals surface area contributed by atoms with E-state index < -0.39 is 22.2 Å². The molecule has 0 radical (unpaired) electrons. The smallest absolute Gasteiger partial charge is 0.475 e. The average Bonchev–Trinajstić information content (AvgIpc) is 3.14. The van der Waals surface area contributed by atoms with Crippen molar-refractivity contribution in [3.8, 4) is 0 Å². The summed E-state index contributed by atoms with van der Waals surface area (Å²) in [6, 6.07) is 5.98. The second kappa shape index (κ2) is 8.53. The number of pyridine rings is 1. The Balaban J connectivity index is 0.000000321. The molecular formula is C16H22F3N3O4S. The van der Waals surface area contributed by atoms with Crippen LogP contribution in [0.15, 0.2) is 24.4 Å². The quantitative estimate of drug-likeness (QED) is 0.809. The number of halogens is 3. The Hall–Kier alpha value is -1.72. The summed E-state index contributed by atoms with van der Waals surface area (Å²) >= 11 is 0. The van der Waals surface area contributed by atoms with Crippen LogP contribution in [0.3, 0.4) is 0 Å². The van der Waals surface area contributed by atoms with Crippen LogP contribution in [0.5, 0.6) is 0 Å². The van der Waals surface area contributed by atoms with Crippen molar-refractivity contribution in [2.45, 2.75) is 19.6 Å². The second-order valence-electron chi connectivity index (χ2n) is 6.56. The first-order valence-corrected chi connectivity index (χ1v) is 10.0. The van der Waals surface area contributed by atoms with Gasteiger partial charge in [0, 0.05) is 38.9 Å². The zero-order valence-electron chi connectivity index (χ0n) is 14.8. The van der Waals surface area contributed by atoms with Crippen LogP contribution < -0.4 is 0 Å². The van der Waals surface area contributed by atoms with Gasteiger partial charge in [0.1, 0.15) is 0 Å². The molecule has 3 heterocycles. The van der Waals surface area contributed by atoms with Crippen LogP contribution >= 0.6 is 0 Å². The van der Waals surface area contributed by atoms with E-state index >= 15 is 0 Å². The molecule has 1 aromatic heterocycles. The third kappa shape index (κ3) is 5.88. The summed E-state index contributed by atoms with van der Waals surface area (Å²) in [5.74, 6) is -1.57. The molecule has 2 fully saturated rings. The number of aliphatic carboxylic acids is 1. The predicted molar refractivity (Wildman–Crippen MR) is 91.2 cm³/mol. The van der Waals surface area contributed by atoms with Gasteiger partial charge < -0.3 is 5.11 Å². The molecule has 0 aliphatic carbocycles. The maximum atomic E-state index is 11.9. The van der Waals surface area contributed by atoms with Gasteiger partial charge in [-0.05, 0) is 30.9 Å². The Labute approximate surface area is 155 Å². The number of aromatic nitrogens is 1.